The number of benzene rings is 1. The lowest BCUT2D eigenvalue weighted by Crippen LogP contribution is -2.07. The number of halogens is 1. The lowest BCUT2D eigenvalue weighted by molar-refractivity contribution is -0.115. The Morgan fingerprint density at radius 3 is 2.62 bits per heavy atom. The van der Waals surface area contributed by atoms with E-state index in [1.54, 1.807) is 6.07 Å². The molecular weight excluding hydrogens is 203 g/mol. The van der Waals surface area contributed by atoms with Gasteiger partial charge in [-0.05, 0) is 49.1 Å². The number of carbonyl (C=O) groups excluding carboxylic acids is 1. The highest BCUT2D eigenvalue weighted by atomic mass is 19.1. The topological polar surface area (TPSA) is 17.1 Å². The van der Waals surface area contributed by atoms with Crippen molar-refractivity contribution in [1.82, 2.24) is 0 Å². The van der Waals surface area contributed by atoms with Crippen LogP contribution in [0, 0.1) is 12.7 Å². The van der Waals surface area contributed by atoms with E-state index in [4.69, 9.17) is 0 Å². The van der Waals surface area contributed by atoms with Crippen LogP contribution in [-0.4, -0.2) is 5.78 Å². The first kappa shape index (κ1) is 12.6. The van der Waals surface area contributed by atoms with Crippen molar-refractivity contribution in [2.45, 2.75) is 33.6 Å². The maximum Gasteiger partial charge on any atom is 0.162 e. The standard InChI is InChI=1S/C14H17FO/c1-4-11(5-2)14(16)9-12-6-7-13(15)8-10(12)3/h4,6-8H,5,9H2,1-3H3/b11-4-. The number of Topliss-reactive ketones (excluding diaryl/α,β-unsaturated/α-hetero) is 1. The number of hydrogen-bond donors (Lipinski definition) is 0. The minimum Gasteiger partial charge on any atom is -0.294 e. The van der Waals surface area contributed by atoms with Gasteiger partial charge in [-0.15, -0.1) is 0 Å². The van der Waals surface area contributed by atoms with E-state index in [1.165, 1.54) is 12.1 Å². The fraction of sp³-hybridized carbons (Fsp3) is 0.357. The third-order valence-electron chi connectivity index (χ3n) is 2.74. The van der Waals surface area contributed by atoms with Crippen molar-refractivity contribution in [3.8, 4) is 0 Å². The van der Waals surface area contributed by atoms with Gasteiger partial charge < -0.3 is 0 Å². The van der Waals surface area contributed by atoms with Crippen LogP contribution in [0.4, 0.5) is 4.39 Å². The van der Waals surface area contributed by atoms with Crippen LogP contribution in [-0.2, 0) is 11.2 Å². The van der Waals surface area contributed by atoms with Gasteiger partial charge in [0.2, 0.25) is 0 Å². The molecule has 0 unspecified atom stereocenters. The smallest absolute Gasteiger partial charge is 0.162 e. The summed E-state index contributed by atoms with van der Waals surface area (Å²) in [5.41, 5.74) is 2.57. The molecule has 0 radical (unpaired) electrons. The highest BCUT2D eigenvalue weighted by Crippen LogP contribution is 2.14. The van der Waals surface area contributed by atoms with Gasteiger partial charge in [0.1, 0.15) is 5.82 Å². The molecule has 1 aromatic rings. The number of rotatable bonds is 4. The molecule has 0 fully saturated rings. The fourth-order valence-electron chi connectivity index (χ4n) is 1.71. The highest BCUT2D eigenvalue weighted by molar-refractivity contribution is 5.96. The minimum absolute atomic E-state index is 0.125. The molecule has 0 aromatic heterocycles. The summed E-state index contributed by atoms with van der Waals surface area (Å²) in [6.07, 6.45) is 2.95. The maximum atomic E-state index is 12.9. The normalized spacial score (nSPS) is 11.6. The quantitative estimate of drug-likeness (QED) is 0.708. The second-order valence-corrected chi connectivity index (χ2v) is 3.84. The predicted octanol–water partition coefficient (Wildman–Crippen LogP) is 3.60. The molecule has 1 nitrogen and oxygen atoms in total. The van der Waals surface area contributed by atoms with Gasteiger partial charge >= 0.3 is 0 Å². The molecule has 1 aromatic carbocycles. The van der Waals surface area contributed by atoms with E-state index in [0.717, 1.165) is 23.1 Å². The zero-order chi connectivity index (χ0) is 12.1. The molecule has 0 aliphatic rings. The minimum atomic E-state index is -0.254. The highest BCUT2D eigenvalue weighted by Gasteiger charge is 2.09. The second-order valence-electron chi connectivity index (χ2n) is 3.84. The van der Waals surface area contributed by atoms with Crippen molar-refractivity contribution in [1.29, 1.82) is 0 Å². The van der Waals surface area contributed by atoms with Gasteiger partial charge in [-0.3, -0.25) is 4.79 Å². The van der Waals surface area contributed by atoms with Gasteiger partial charge in [-0.25, -0.2) is 4.39 Å². The SMILES string of the molecule is C/C=C(/CC)C(=O)Cc1ccc(F)cc1C. The van der Waals surface area contributed by atoms with Crippen molar-refractivity contribution in [3.63, 3.8) is 0 Å². The molecule has 0 atom stereocenters. The number of hydrogen-bond acceptors (Lipinski definition) is 1. The molecular formula is C14H17FO. The number of aryl methyl sites for hydroxylation is 1. The molecule has 0 aliphatic carbocycles. The third-order valence-corrected chi connectivity index (χ3v) is 2.74. The molecule has 0 saturated heterocycles. The van der Waals surface area contributed by atoms with Crippen LogP contribution in [0.15, 0.2) is 29.8 Å². The monoisotopic (exact) mass is 220 g/mol. The van der Waals surface area contributed by atoms with Gasteiger partial charge in [0, 0.05) is 6.42 Å². The number of allylic oxidation sites excluding steroid dienone is 2. The Labute approximate surface area is 96.0 Å². The Kier molecular flexibility index (Phi) is 4.41. The molecule has 0 heterocycles. The van der Waals surface area contributed by atoms with E-state index in [1.807, 2.05) is 26.8 Å². The van der Waals surface area contributed by atoms with E-state index >= 15 is 0 Å². The summed E-state index contributed by atoms with van der Waals surface area (Å²) in [6.45, 7) is 5.66. The van der Waals surface area contributed by atoms with E-state index in [2.05, 4.69) is 0 Å². The molecule has 16 heavy (non-hydrogen) atoms. The van der Waals surface area contributed by atoms with Crippen molar-refractivity contribution < 1.29 is 9.18 Å². The first-order valence-corrected chi connectivity index (χ1v) is 5.51. The van der Waals surface area contributed by atoms with Crippen LogP contribution in [0.2, 0.25) is 0 Å². The molecule has 0 N–H and O–H groups in total. The summed E-state index contributed by atoms with van der Waals surface area (Å²) in [7, 11) is 0. The van der Waals surface area contributed by atoms with Crippen molar-refractivity contribution in [2.24, 2.45) is 0 Å². The first-order chi connectivity index (χ1) is 7.58. The molecule has 0 bridgehead atoms. The molecule has 86 valence electrons. The molecule has 2 heteroatoms. The van der Waals surface area contributed by atoms with Gasteiger partial charge in [-0.2, -0.15) is 0 Å². The Morgan fingerprint density at radius 2 is 2.12 bits per heavy atom. The van der Waals surface area contributed by atoms with Gasteiger partial charge in [0.25, 0.3) is 0 Å². The van der Waals surface area contributed by atoms with Gasteiger partial charge in [-0.1, -0.05) is 19.1 Å². The van der Waals surface area contributed by atoms with Crippen LogP contribution in [0.1, 0.15) is 31.4 Å². The van der Waals surface area contributed by atoms with E-state index in [0.29, 0.717) is 6.42 Å². The van der Waals surface area contributed by atoms with Crippen molar-refractivity contribution in [2.75, 3.05) is 0 Å². The van der Waals surface area contributed by atoms with E-state index in [9.17, 15) is 9.18 Å². The summed E-state index contributed by atoms with van der Waals surface area (Å²) in [6, 6.07) is 4.55. The Morgan fingerprint density at radius 1 is 1.44 bits per heavy atom. The van der Waals surface area contributed by atoms with Crippen LogP contribution in [0.25, 0.3) is 0 Å². The Bertz CT molecular complexity index is 419. The lowest BCUT2D eigenvalue weighted by Gasteiger charge is -2.06. The van der Waals surface area contributed by atoms with Gasteiger partial charge in [0.15, 0.2) is 5.78 Å². The van der Waals surface area contributed by atoms with Crippen LogP contribution in [0.5, 0.6) is 0 Å². The van der Waals surface area contributed by atoms with Crippen LogP contribution < -0.4 is 0 Å². The average Bonchev–Trinajstić information content (AvgIpc) is 2.24. The second kappa shape index (κ2) is 5.59. The summed E-state index contributed by atoms with van der Waals surface area (Å²) >= 11 is 0. The molecule has 0 amide bonds. The molecule has 0 spiro atoms. The molecule has 1 rings (SSSR count). The molecule has 0 aliphatic heterocycles. The van der Waals surface area contributed by atoms with Crippen LogP contribution in [0.3, 0.4) is 0 Å². The molecule has 0 saturated carbocycles. The predicted molar refractivity (Wildman–Crippen MR) is 63.9 cm³/mol. The zero-order valence-corrected chi connectivity index (χ0v) is 10.0. The first-order valence-electron chi connectivity index (χ1n) is 5.51. The fourth-order valence-corrected chi connectivity index (χ4v) is 1.71. The van der Waals surface area contributed by atoms with E-state index < -0.39 is 0 Å². The van der Waals surface area contributed by atoms with Crippen molar-refractivity contribution in [3.05, 3.63) is 46.8 Å². The summed E-state index contributed by atoms with van der Waals surface area (Å²) in [4.78, 5) is 11.8. The largest absolute Gasteiger partial charge is 0.294 e. The van der Waals surface area contributed by atoms with Crippen LogP contribution >= 0.6 is 0 Å². The zero-order valence-electron chi connectivity index (χ0n) is 10.0. The Hall–Kier alpha value is -1.44. The number of carbonyl (C=O) groups is 1. The summed E-state index contributed by atoms with van der Waals surface area (Å²) in [5.74, 6) is -0.129. The van der Waals surface area contributed by atoms with Crippen molar-refractivity contribution >= 4 is 5.78 Å². The van der Waals surface area contributed by atoms with Gasteiger partial charge in [0.05, 0.1) is 0 Å². The number of ketones is 1. The third kappa shape index (κ3) is 3.02. The summed E-state index contributed by atoms with van der Waals surface area (Å²) in [5, 5.41) is 0. The average molecular weight is 220 g/mol. The van der Waals surface area contributed by atoms with E-state index in [-0.39, 0.29) is 11.6 Å². The maximum absolute atomic E-state index is 12.9. The Balaban J connectivity index is 2.85. The lowest BCUT2D eigenvalue weighted by atomic mass is 9.98. The summed E-state index contributed by atoms with van der Waals surface area (Å²) < 4.78 is 12.9.